The topological polar surface area (TPSA) is 117 Å². The summed E-state index contributed by atoms with van der Waals surface area (Å²) in [7, 11) is 0. The van der Waals surface area contributed by atoms with Gasteiger partial charge in [-0.3, -0.25) is 4.79 Å². The van der Waals surface area contributed by atoms with Crippen LogP contribution in [0.5, 0.6) is 0 Å². The normalized spacial score (nSPS) is 22.3. The van der Waals surface area contributed by atoms with Crippen molar-refractivity contribution in [3.05, 3.63) is 11.6 Å². The van der Waals surface area contributed by atoms with Crippen LogP contribution in [-0.2, 0) is 19.1 Å². The zero-order valence-corrected chi connectivity index (χ0v) is 16.7. The van der Waals surface area contributed by atoms with Crippen LogP contribution in [0.25, 0.3) is 0 Å². The second kappa shape index (κ2) is 13.4. The Hall–Kier alpha value is -0.860. The molecule has 1 amide bonds. The standard InChI is InChI=1S/C16H29N3O4.2ClH/c1-4-11(5-2)23-13-8-10(16(21)22-6-3)7-12(18)15(13)19-14(20)9-17;;/h8,11-13,15H,4-7,9,17-18H2,1-3H3,(H,19,20);2*1H/t12-,13+,15+;;/m0../s1. The van der Waals surface area contributed by atoms with Gasteiger partial charge >= 0.3 is 5.97 Å². The maximum Gasteiger partial charge on any atom is 0.333 e. The number of nitrogens with one attached hydrogen (secondary N) is 1. The molecule has 0 saturated heterocycles. The number of nitrogens with two attached hydrogens (primary N) is 2. The van der Waals surface area contributed by atoms with Crippen molar-refractivity contribution < 1.29 is 19.1 Å². The third kappa shape index (κ3) is 7.92. The molecule has 0 spiro atoms. The molecule has 1 aliphatic carbocycles. The molecule has 148 valence electrons. The molecule has 0 aromatic carbocycles. The first-order chi connectivity index (χ1) is 11.0. The van der Waals surface area contributed by atoms with Crippen LogP contribution in [-0.4, -0.2) is 49.3 Å². The molecule has 0 aromatic heterocycles. The van der Waals surface area contributed by atoms with Crippen molar-refractivity contribution in [2.45, 2.75) is 64.3 Å². The molecule has 0 fully saturated rings. The third-order valence-corrected chi connectivity index (χ3v) is 3.95. The minimum Gasteiger partial charge on any atom is -0.463 e. The van der Waals surface area contributed by atoms with Gasteiger partial charge in [0.2, 0.25) is 5.91 Å². The molecule has 0 aromatic rings. The monoisotopic (exact) mass is 399 g/mol. The van der Waals surface area contributed by atoms with Crippen molar-refractivity contribution in [1.29, 1.82) is 0 Å². The lowest BCUT2D eigenvalue weighted by Gasteiger charge is -2.36. The van der Waals surface area contributed by atoms with Crippen LogP contribution in [0.4, 0.5) is 0 Å². The van der Waals surface area contributed by atoms with Crippen LogP contribution < -0.4 is 16.8 Å². The Morgan fingerprint density at radius 1 is 1.28 bits per heavy atom. The molecular formula is C16H31Cl2N3O4. The quantitative estimate of drug-likeness (QED) is 0.525. The Bertz CT molecular complexity index is 445. The van der Waals surface area contributed by atoms with Gasteiger partial charge in [0.1, 0.15) is 0 Å². The molecule has 0 aliphatic heterocycles. The summed E-state index contributed by atoms with van der Waals surface area (Å²) in [6.07, 6.45) is 3.28. The van der Waals surface area contributed by atoms with E-state index in [-0.39, 0.29) is 49.3 Å². The number of hydrogen-bond donors (Lipinski definition) is 3. The number of amides is 1. The Balaban J connectivity index is 0. The highest BCUT2D eigenvalue weighted by Crippen LogP contribution is 2.24. The highest BCUT2D eigenvalue weighted by molar-refractivity contribution is 5.89. The summed E-state index contributed by atoms with van der Waals surface area (Å²) < 4.78 is 11.1. The maximum atomic E-state index is 12.0. The van der Waals surface area contributed by atoms with Gasteiger partial charge in [0.25, 0.3) is 0 Å². The number of hydrogen-bond acceptors (Lipinski definition) is 6. The lowest BCUT2D eigenvalue weighted by atomic mass is 9.88. The van der Waals surface area contributed by atoms with Gasteiger partial charge in [-0.1, -0.05) is 13.8 Å². The summed E-state index contributed by atoms with van der Waals surface area (Å²) in [5, 5.41) is 2.80. The van der Waals surface area contributed by atoms with Crippen molar-refractivity contribution in [2.24, 2.45) is 11.5 Å². The largest absolute Gasteiger partial charge is 0.463 e. The lowest BCUT2D eigenvalue weighted by molar-refractivity contribution is -0.139. The summed E-state index contributed by atoms with van der Waals surface area (Å²) in [5.74, 6) is -0.679. The minimum atomic E-state index is -0.474. The SMILES string of the molecule is CCOC(=O)C1=C[C@@H](OC(CC)CC)[C@H](NC(=O)CN)[C@@H](N)C1.Cl.Cl. The Morgan fingerprint density at radius 3 is 2.36 bits per heavy atom. The molecule has 3 atom stereocenters. The van der Waals surface area contributed by atoms with E-state index in [2.05, 4.69) is 5.32 Å². The predicted molar refractivity (Wildman–Crippen MR) is 102 cm³/mol. The van der Waals surface area contributed by atoms with E-state index in [9.17, 15) is 9.59 Å². The Kier molecular flexibility index (Phi) is 14.1. The van der Waals surface area contributed by atoms with Crippen molar-refractivity contribution >= 4 is 36.7 Å². The summed E-state index contributed by atoms with van der Waals surface area (Å²) >= 11 is 0. The summed E-state index contributed by atoms with van der Waals surface area (Å²) in [5.41, 5.74) is 12.0. The zero-order valence-electron chi connectivity index (χ0n) is 15.0. The molecule has 0 heterocycles. The smallest absolute Gasteiger partial charge is 0.333 e. The number of ether oxygens (including phenoxy) is 2. The van der Waals surface area contributed by atoms with Crippen LogP contribution >= 0.6 is 24.8 Å². The predicted octanol–water partition coefficient (Wildman–Crippen LogP) is 1.07. The van der Waals surface area contributed by atoms with Gasteiger partial charge in [0.05, 0.1) is 31.4 Å². The summed E-state index contributed by atoms with van der Waals surface area (Å²) in [4.78, 5) is 23.6. The van der Waals surface area contributed by atoms with E-state index in [4.69, 9.17) is 20.9 Å². The molecule has 0 unspecified atom stereocenters. The second-order valence-corrected chi connectivity index (χ2v) is 5.62. The second-order valence-electron chi connectivity index (χ2n) is 5.62. The van der Waals surface area contributed by atoms with Crippen molar-refractivity contribution in [1.82, 2.24) is 5.32 Å². The van der Waals surface area contributed by atoms with Crippen LogP contribution in [0.2, 0.25) is 0 Å². The van der Waals surface area contributed by atoms with E-state index >= 15 is 0 Å². The first-order valence-electron chi connectivity index (χ1n) is 8.24. The number of esters is 1. The van der Waals surface area contributed by atoms with E-state index in [0.29, 0.717) is 18.6 Å². The van der Waals surface area contributed by atoms with Gasteiger partial charge < -0.3 is 26.3 Å². The Morgan fingerprint density at radius 2 is 1.88 bits per heavy atom. The third-order valence-electron chi connectivity index (χ3n) is 3.95. The molecule has 0 saturated carbocycles. The first-order valence-corrected chi connectivity index (χ1v) is 8.24. The van der Waals surface area contributed by atoms with E-state index in [1.807, 2.05) is 13.8 Å². The van der Waals surface area contributed by atoms with E-state index in [1.165, 1.54) is 0 Å². The van der Waals surface area contributed by atoms with Gasteiger partial charge in [-0.25, -0.2) is 4.79 Å². The summed E-state index contributed by atoms with van der Waals surface area (Å²) in [6.45, 7) is 6.00. The van der Waals surface area contributed by atoms with Crippen LogP contribution in [0.15, 0.2) is 11.6 Å². The van der Waals surface area contributed by atoms with Crippen molar-refractivity contribution in [3.63, 3.8) is 0 Å². The van der Waals surface area contributed by atoms with Crippen molar-refractivity contribution in [3.8, 4) is 0 Å². The fraction of sp³-hybridized carbons (Fsp3) is 0.750. The zero-order chi connectivity index (χ0) is 17.4. The highest BCUT2D eigenvalue weighted by Gasteiger charge is 2.36. The number of carbonyl (C=O) groups excluding carboxylic acids is 2. The van der Waals surface area contributed by atoms with Gasteiger partial charge in [0.15, 0.2) is 0 Å². The van der Waals surface area contributed by atoms with E-state index in [1.54, 1.807) is 13.0 Å². The average Bonchev–Trinajstić information content (AvgIpc) is 2.54. The minimum absolute atomic E-state index is 0. The fourth-order valence-corrected chi connectivity index (χ4v) is 2.63. The lowest BCUT2D eigenvalue weighted by Crippen LogP contribution is -2.58. The molecule has 5 N–H and O–H groups in total. The molecule has 9 heteroatoms. The molecule has 1 aliphatic rings. The molecule has 7 nitrogen and oxygen atoms in total. The maximum absolute atomic E-state index is 12.0. The highest BCUT2D eigenvalue weighted by atomic mass is 35.5. The van der Waals surface area contributed by atoms with Crippen LogP contribution in [0.3, 0.4) is 0 Å². The average molecular weight is 400 g/mol. The molecular weight excluding hydrogens is 369 g/mol. The number of halogens is 2. The fourth-order valence-electron chi connectivity index (χ4n) is 2.63. The van der Waals surface area contributed by atoms with Gasteiger partial charge in [-0.2, -0.15) is 0 Å². The van der Waals surface area contributed by atoms with E-state index < -0.39 is 18.2 Å². The molecule has 25 heavy (non-hydrogen) atoms. The molecule has 0 radical (unpaired) electrons. The van der Waals surface area contributed by atoms with Crippen LogP contribution in [0.1, 0.15) is 40.0 Å². The van der Waals surface area contributed by atoms with E-state index in [0.717, 1.165) is 12.8 Å². The van der Waals surface area contributed by atoms with Gasteiger partial charge in [0, 0.05) is 11.6 Å². The number of rotatable bonds is 8. The summed E-state index contributed by atoms with van der Waals surface area (Å²) in [6, 6.07) is -0.848. The van der Waals surface area contributed by atoms with Crippen molar-refractivity contribution in [2.75, 3.05) is 13.2 Å². The van der Waals surface area contributed by atoms with Gasteiger partial charge in [-0.15, -0.1) is 24.8 Å². The van der Waals surface area contributed by atoms with Gasteiger partial charge in [-0.05, 0) is 32.3 Å². The number of carbonyl (C=O) groups is 2. The first kappa shape index (κ1) is 26.4. The van der Waals surface area contributed by atoms with Crippen LogP contribution in [0, 0.1) is 0 Å². The Labute approximate surface area is 162 Å². The molecule has 1 rings (SSSR count). The molecule has 0 bridgehead atoms.